The first-order chi connectivity index (χ1) is 10.8. The zero-order chi connectivity index (χ0) is 16.3. The van der Waals surface area contributed by atoms with Gasteiger partial charge in [0.15, 0.2) is 0 Å². The monoisotopic (exact) mass is 308 g/mol. The Balaban J connectivity index is 3.12. The lowest BCUT2D eigenvalue weighted by Crippen LogP contribution is -1.96. The summed E-state index contributed by atoms with van der Waals surface area (Å²) in [5.41, 5.74) is 0. The van der Waals surface area contributed by atoms with E-state index in [9.17, 15) is 4.79 Å². The third kappa shape index (κ3) is 17.5. The molecule has 0 rings (SSSR count). The molecule has 0 N–H and O–H groups in total. The second-order valence-electron chi connectivity index (χ2n) is 6.62. The molecule has 0 fully saturated rings. The Morgan fingerprint density at radius 2 is 1.09 bits per heavy atom. The minimum absolute atomic E-state index is 0.458. The van der Waals surface area contributed by atoms with Gasteiger partial charge in [-0.2, -0.15) is 0 Å². The van der Waals surface area contributed by atoms with Crippen LogP contribution in [0, 0.1) is 0 Å². The van der Waals surface area contributed by atoms with Gasteiger partial charge in [0.1, 0.15) is 5.78 Å². The number of unbranched alkanes of at least 4 members (excludes halogenated alkanes) is 11. The molecular weight excluding hydrogens is 268 g/mol. The van der Waals surface area contributed by atoms with E-state index in [2.05, 4.69) is 26.0 Å². The third-order valence-corrected chi connectivity index (χ3v) is 4.25. The Morgan fingerprint density at radius 1 is 0.591 bits per heavy atom. The summed E-state index contributed by atoms with van der Waals surface area (Å²) in [5.74, 6) is 0.458. The lowest BCUT2D eigenvalue weighted by Gasteiger charge is -2.00. The summed E-state index contributed by atoms with van der Waals surface area (Å²) in [5, 5.41) is 0. The molecule has 0 aromatic rings. The van der Waals surface area contributed by atoms with Crippen LogP contribution in [0.3, 0.4) is 0 Å². The van der Waals surface area contributed by atoms with Crippen molar-refractivity contribution in [2.24, 2.45) is 0 Å². The molecule has 0 bridgehead atoms. The summed E-state index contributed by atoms with van der Waals surface area (Å²) in [6.45, 7) is 4.35. The molecule has 0 atom stereocenters. The summed E-state index contributed by atoms with van der Waals surface area (Å²) < 4.78 is 0. The van der Waals surface area contributed by atoms with Gasteiger partial charge in [0.2, 0.25) is 0 Å². The van der Waals surface area contributed by atoms with Gasteiger partial charge in [0, 0.05) is 12.8 Å². The van der Waals surface area contributed by atoms with Crippen LogP contribution in [0.4, 0.5) is 0 Å². The molecule has 0 unspecified atom stereocenters. The van der Waals surface area contributed by atoms with Crippen molar-refractivity contribution in [2.45, 2.75) is 117 Å². The quantitative estimate of drug-likeness (QED) is 0.202. The first-order valence-electron chi connectivity index (χ1n) is 9.98. The van der Waals surface area contributed by atoms with Crippen LogP contribution in [0.1, 0.15) is 117 Å². The van der Waals surface area contributed by atoms with Crippen molar-refractivity contribution < 1.29 is 4.79 Å². The summed E-state index contributed by atoms with van der Waals surface area (Å²) in [7, 11) is 0. The highest BCUT2D eigenvalue weighted by molar-refractivity contribution is 5.78. The first-order valence-corrected chi connectivity index (χ1v) is 9.98. The van der Waals surface area contributed by atoms with E-state index in [-0.39, 0.29) is 0 Å². The largest absolute Gasteiger partial charge is 0.300 e. The molecule has 22 heavy (non-hydrogen) atoms. The van der Waals surface area contributed by atoms with Crippen molar-refractivity contribution in [3.63, 3.8) is 0 Å². The first kappa shape index (κ1) is 21.4. The molecule has 0 saturated heterocycles. The number of ketones is 1. The van der Waals surface area contributed by atoms with Crippen molar-refractivity contribution in [2.75, 3.05) is 0 Å². The molecule has 0 aliphatic carbocycles. The van der Waals surface area contributed by atoms with Gasteiger partial charge in [-0.3, -0.25) is 4.79 Å². The van der Waals surface area contributed by atoms with Gasteiger partial charge in [-0.15, -0.1) is 0 Å². The fourth-order valence-electron chi connectivity index (χ4n) is 2.80. The number of hydrogen-bond acceptors (Lipinski definition) is 1. The molecular formula is C21H40O. The minimum atomic E-state index is 0.458. The number of allylic oxidation sites excluding steroid dienone is 2. The van der Waals surface area contributed by atoms with Crippen LogP contribution in [0.25, 0.3) is 0 Å². The van der Waals surface area contributed by atoms with Gasteiger partial charge in [-0.1, -0.05) is 77.4 Å². The van der Waals surface area contributed by atoms with E-state index < -0.39 is 0 Å². The summed E-state index contributed by atoms with van der Waals surface area (Å²) >= 11 is 0. The smallest absolute Gasteiger partial charge is 0.132 e. The van der Waals surface area contributed by atoms with Crippen molar-refractivity contribution in [3.05, 3.63) is 12.2 Å². The number of carbonyl (C=O) groups is 1. The molecule has 1 heteroatoms. The van der Waals surface area contributed by atoms with Gasteiger partial charge in [-0.25, -0.2) is 0 Å². The zero-order valence-corrected chi connectivity index (χ0v) is 15.4. The van der Waals surface area contributed by atoms with E-state index in [1.54, 1.807) is 0 Å². The van der Waals surface area contributed by atoms with Crippen molar-refractivity contribution in [3.8, 4) is 0 Å². The van der Waals surface area contributed by atoms with Crippen LogP contribution in [-0.2, 0) is 4.79 Å². The SMILES string of the molecule is CCCCCCCC/C=C/CCCCCCCC(=O)CCC. The third-order valence-electron chi connectivity index (χ3n) is 4.25. The minimum Gasteiger partial charge on any atom is -0.300 e. The number of Topliss-reactive ketones (excluding diaryl/α,β-unsaturated/α-hetero) is 1. The second-order valence-corrected chi connectivity index (χ2v) is 6.62. The average Bonchev–Trinajstić information content (AvgIpc) is 2.51. The Hall–Kier alpha value is -0.590. The van der Waals surface area contributed by atoms with E-state index in [1.807, 2.05) is 0 Å². The fraction of sp³-hybridized carbons (Fsp3) is 0.857. The topological polar surface area (TPSA) is 17.1 Å². The van der Waals surface area contributed by atoms with Crippen molar-refractivity contribution in [1.82, 2.24) is 0 Å². The standard InChI is InChI=1S/C21H40O/c1-3-5-6-7-8-9-10-11-12-13-14-15-16-17-18-20-21(22)19-4-2/h11-12H,3-10,13-20H2,1-2H3/b12-11+. The molecule has 0 aromatic heterocycles. The van der Waals surface area contributed by atoms with E-state index in [0.717, 1.165) is 25.7 Å². The Labute approximate surface area is 140 Å². The Morgan fingerprint density at radius 3 is 1.64 bits per heavy atom. The highest BCUT2D eigenvalue weighted by Gasteiger charge is 1.99. The van der Waals surface area contributed by atoms with Gasteiger partial charge in [-0.05, 0) is 38.5 Å². The maximum atomic E-state index is 11.4. The van der Waals surface area contributed by atoms with Crippen LogP contribution in [0.5, 0.6) is 0 Å². The predicted octanol–water partition coefficient (Wildman–Crippen LogP) is 7.39. The summed E-state index contributed by atoms with van der Waals surface area (Å²) in [6, 6.07) is 0. The Bertz CT molecular complexity index is 255. The lowest BCUT2D eigenvalue weighted by atomic mass is 10.1. The number of carbonyl (C=O) groups excluding carboxylic acids is 1. The molecule has 0 aliphatic heterocycles. The van der Waals surface area contributed by atoms with E-state index in [4.69, 9.17) is 0 Å². The Kier molecular flexibility index (Phi) is 18.0. The second kappa shape index (κ2) is 18.5. The van der Waals surface area contributed by atoms with Gasteiger partial charge in [0.25, 0.3) is 0 Å². The fourth-order valence-corrected chi connectivity index (χ4v) is 2.80. The van der Waals surface area contributed by atoms with Gasteiger partial charge < -0.3 is 0 Å². The lowest BCUT2D eigenvalue weighted by molar-refractivity contribution is -0.119. The predicted molar refractivity (Wildman–Crippen MR) is 99.4 cm³/mol. The normalized spacial score (nSPS) is 11.4. The number of rotatable bonds is 17. The molecule has 0 radical (unpaired) electrons. The number of hydrogen-bond donors (Lipinski definition) is 0. The average molecular weight is 309 g/mol. The molecule has 0 amide bonds. The molecule has 130 valence electrons. The van der Waals surface area contributed by atoms with Crippen LogP contribution in [0.2, 0.25) is 0 Å². The van der Waals surface area contributed by atoms with Gasteiger partial charge >= 0.3 is 0 Å². The summed E-state index contributed by atoms with van der Waals surface area (Å²) in [6.07, 6.45) is 24.5. The van der Waals surface area contributed by atoms with Crippen LogP contribution in [0.15, 0.2) is 12.2 Å². The maximum Gasteiger partial charge on any atom is 0.132 e. The molecule has 0 spiro atoms. The molecule has 0 aliphatic rings. The van der Waals surface area contributed by atoms with Gasteiger partial charge in [0.05, 0.1) is 0 Å². The molecule has 0 aromatic carbocycles. The van der Waals surface area contributed by atoms with E-state index in [0.29, 0.717) is 5.78 Å². The van der Waals surface area contributed by atoms with Crippen LogP contribution >= 0.6 is 0 Å². The van der Waals surface area contributed by atoms with E-state index in [1.165, 1.54) is 77.0 Å². The highest BCUT2D eigenvalue weighted by atomic mass is 16.1. The zero-order valence-electron chi connectivity index (χ0n) is 15.4. The molecule has 1 nitrogen and oxygen atoms in total. The highest BCUT2D eigenvalue weighted by Crippen LogP contribution is 2.10. The molecule has 0 heterocycles. The molecule has 0 saturated carbocycles. The van der Waals surface area contributed by atoms with Crippen molar-refractivity contribution in [1.29, 1.82) is 0 Å². The van der Waals surface area contributed by atoms with Crippen LogP contribution < -0.4 is 0 Å². The van der Waals surface area contributed by atoms with Crippen molar-refractivity contribution >= 4 is 5.78 Å². The summed E-state index contributed by atoms with van der Waals surface area (Å²) in [4.78, 5) is 11.4. The maximum absolute atomic E-state index is 11.4. The van der Waals surface area contributed by atoms with Crippen LogP contribution in [-0.4, -0.2) is 5.78 Å². The van der Waals surface area contributed by atoms with E-state index >= 15 is 0 Å².